The van der Waals surface area contributed by atoms with Gasteiger partial charge >= 0.3 is 0 Å². The van der Waals surface area contributed by atoms with Crippen molar-refractivity contribution in [2.45, 2.75) is 39.0 Å². The number of guanidine groups is 1. The first-order valence-corrected chi connectivity index (χ1v) is 11.0. The average molecular weight is 427 g/mol. The summed E-state index contributed by atoms with van der Waals surface area (Å²) < 4.78 is 24.7. The Bertz CT molecular complexity index is 895. The monoisotopic (exact) mass is 426 g/mol. The highest BCUT2D eigenvalue weighted by Gasteiger charge is 2.17. The molecule has 2 aromatic carbocycles. The van der Waals surface area contributed by atoms with Gasteiger partial charge in [-0.05, 0) is 61.2 Å². The van der Waals surface area contributed by atoms with Crippen LogP contribution in [0, 0.1) is 5.82 Å². The van der Waals surface area contributed by atoms with E-state index in [0.29, 0.717) is 26.1 Å². The van der Waals surface area contributed by atoms with Crippen LogP contribution in [0.25, 0.3) is 0 Å². The molecule has 0 amide bonds. The molecule has 31 heavy (non-hydrogen) atoms. The Hall–Kier alpha value is -2.64. The molecule has 2 N–H and O–H groups in total. The molecule has 6 nitrogen and oxygen atoms in total. The highest BCUT2D eigenvalue weighted by Crippen LogP contribution is 2.29. The first-order valence-electron chi connectivity index (χ1n) is 11.0. The van der Waals surface area contributed by atoms with Crippen LogP contribution in [0.15, 0.2) is 41.4 Å². The molecule has 2 aliphatic rings. The van der Waals surface area contributed by atoms with Crippen LogP contribution in [0.4, 0.5) is 4.39 Å². The van der Waals surface area contributed by atoms with Crippen LogP contribution in [0.3, 0.4) is 0 Å². The molecular formula is C24H31FN4O2. The predicted molar refractivity (Wildman–Crippen MR) is 120 cm³/mol. The van der Waals surface area contributed by atoms with E-state index in [0.717, 1.165) is 29.4 Å². The van der Waals surface area contributed by atoms with Crippen LogP contribution in [0.5, 0.6) is 5.75 Å². The number of rotatable bonds is 7. The standard InChI is InChI=1S/C24H31FN4O2/c1-26-24(27-9-8-20-12-22(25)13-21-16-30-17-31-23(20)21)28-14-18-4-6-19(7-5-18)15-29-10-2-3-11-29/h4-7,12-13H,2-3,8-11,14-17H2,1H3,(H2,26,27,28). The summed E-state index contributed by atoms with van der Waals surface area (Å²) in [5.74, 6) is 1.20. The summed E-state index contributed by atoms with van der Waals surface area (Å²) in [4.78, 5) is 6.79. The van der Waals surface area contributed by atoms with Crippen molar-refractivity contribution >= 4 is 5.96 Å². The highest BCUT2D eigenvalue weighted by atomic mass is 19.1. The molecule has 2 heterocycles. The van der Waals surface area contributed by atoms with Crippen LogP contribution in [0.1, 0.15) is 35.1 Å². The third-order valence-corrected chi connectivity index (χ3v) is 5.75. The Morgan fingerprint density at radius 1 is 1.10 bits per heavy atom. The number of nitrogens with zero attached hydrogens (tertiary/aromatic N) is 2. The van der Waals surface area contributed by atoms with E-state index in [1.807, 2.05) is 0 Å². The van der Waals surface area contributed by atoms with Crippen LogP contribution in [-0.4, -0.2) is 44.3 Å². The third kappa shape index (κ3) is 5.95. The molecule has 2 aliphatic heterocycles. The van der Waals surface area contributed by atoms with Gasteiger partial charge in [-0.3, -0.25) is 9.89 Å². The summed E-state index contributed by atoms with van der Waals surface area (Å²) in [7, 11) is 1.75. The van der Waals surface area contributed by atoms with Gasteiger partial charge in [0.15, 0.2) is 12.8 Å². The highest BCUT2D eigenvalue weighted by molar-refractivity contribution is 5.79. The van der Waals surface area contributed by atoms with E-state index in [1.165, 1.54) is 49.2 Å². The molecule has 0 bridgehead atoms. The lowest BCUT2D eigenvalue weighted by Crippen LogP contribution is -2.38. The van der Waals surface area contributed by atoms with Gasteiger partial charge < -0.3 is 20.1 Å². The zero-order valence-electron chi connectivity index (χ0n) is 18.1. The number of ether oxygens (including phenoxy) is 2. The van der Waals surface area contributed by atoms with Crippen molar-refractivity contribution in [2.75, 3.05) is 33.5 Å². The summed E-state index contributed by atoms with van der Waals surface area (Å²) in [5, 5.41) is 6.64. The molecule has 0 aromatic heterocycles. The van der Waals surface area contributed by atoms with E-state index in [-0.39, 0.29) is 12.6 Å². The minimum absolute atomic E-state index is 0.207. The topological polar surface area (TPSA) is 58.1 Å². The van der Waals surface area contributed by atoms with Gasteiger partial charge in [0.05, 0.1) is 6.61 Å². The summed E-state index contributed by atoms with van der Waals surface area (Å²) in [6, 6.07) is 11.8. The third-order valence-electron chi connectivity index (χ3n) is 5.75. The van der Waals surface area contributed by atoms with Crippen LogP contribution in [0.2, 0.25) is 0 Å². The van der Waals surface area contributed by atoms with E-state index in [2.05, 4.69) is 44.8 Å². The number of nitrogens with one attached hydrogen (secondary N) is 2. The van der Waals surface area contributed by atoms with E-state index in [4.69, 9.17) is 9.47 Å². The van der Waals surface area contributed by atoms with Crippen LogP contribution < -0.4 is 15.4 Å². The molecule has 7 heteroatoms. The second-order valence-electron chi connectivity index (χ2n) is 8.07. The van der Waals surface area contributed by atoms with E-state index in [1.54, 1.807) is 7.05 Å². The number of halogens is 1. The maximum absolute atomic E-state index is 13.9. The molecule has 0 aliphatic carbocycles. The molecule has 2 aromatic rings. The number of likely N-dealkylation sites (tertiary alicyclic amines) is 1. The second kappa shape index (κ2) is 10.6. The molecular weight excluding hydrogens is 395 g/mol. The molecule has 1 fully saturated rings. The molecule has 0 atom stereocenters. The smallest absolute Gasteiger partial charge is 0.191 e. The van der Waals surface area contributed by atoms with E-state index >= 15 is 0 Å². The minimum atomic E-state index is -0.265. The molecule has 0 radical (unpaired) electrons. The Morgan fingerprint density at radius 3 is 2.65 bits per heavy atom. The zero-order chi connectivity index (χ0) is 21.5. The van der Waals surface area contributed by atoms with Gasteiger partial charge in [-0.25, -0.2) is 4.39 Å². The van der Waals surface area contributed by atoms with Crippen molar-refractivity contribution < 1.29 is 13.9 Å². The molecule has 166 valence electrons. The predicted octanol–water partition coefficient (Wildman–Crippen LogP) is 3.20. The molecule has 0 spiro atoms. The van der Waals surface area contributed by atoms with E-state index < -0.39 is 0 Å². The Morgan fingerprint density at radius 2 is 1.87 bits per heavy atom. The summed E-state index contributed by atoms with van der Waals surface area (Å²) in [6.45, 7) is 5.37. The Balaban J connectivity index is 1.24. The summed E-state index contributed by atoms with van der Waals surface area (Å²) in [6.07, 6.45) is 3.26. The summed E-state index contributed by atoms with van der Waals surface area (Å²) in [5.41, 5.74) is 4.17. The fourth-order valence-electron chi connectivity index (χ4n) is 4.13. The van der Waals surface area contributed by atoms with Crippen molar-refractivity contribution in [3.05, 3.63) is 64.5 Å². The van der Waals surface area contributed by atoms with Crippen LogP contribution >= 0.6 is 0 Å². The summed E-state index contributed by atoms with van der Waals surface area (Å²) >= 11 is 0. The van der Waals surface area contributed by atoms with Crippen molar-refractivity contribution in [3.8, 4) is 5.75 Å². The minimum Gasteiger partial charge on any atom is -0.467 e. The maximum Gasteiger partial charge on any atom is 0.191 e. The number of aliphatic imine (C=N–C) groups is 1. The average Bonchev–Trinajstić information content (AvgIpc) is 3.30. The maximum atomic E-state index is 13.9. The zero-order valence-corrected chi connectivity index (χ0v) is 18.1. The van der Waals surface area contributed by atoms with Crippen molar-refractivity contribution in [2.24, 2.45) is 4.99 Å². The number of fused-ring (bicyclic) bond motifs is 1. The van der Waals surface area contributed by atoms with Gasteiger partial charge in [-0.15, -0.1) is 0 Å². The van der Waals surface area contributed by atoms with Crippen LogP contribution in [-0.2, 0) is 30.9 Å². The normalized spacial score (nSPS) is 16.6. The van der Waals surface area contributed by atoms with Crippen molar-refractivity contribution in [1.29, 1.82) is 0 Å². The molecule has 4 rings (SSSR count). The Kier molecular flexibility index (Phi) is 7.38. The lowest BCUT2D eigenvalue weighted by molar-refractivity contribution is -0.0172. The van der Waals surface area contributed by atoms with Gasteiger partial charge in [0.2, 0.25) is 0 Å². The first kappa shape index (κ1) is 21.6. The molecule has 1 saturated heterocycles. The fourth-order valence-corrected chi connectivity index (χ4v) is 4.13. The lowest BCUT2D eigenvalue weighted by Gasteiger charge is -2.21. The van der Waals surface area contributed by atoms with Gasteiger partial charge in [0.25, 0.3) is 0 Å². The SMILES string of the molecule is CN=C(NCCc1cc(F)cc2c1OCOC2)NCc1ccc(CN2CCCC2)cc1. The molecule has 0 saturated carbocycles. The van der Waals surface area contributed by atoms with Crippen molar-refractivity contribution in [3.63, 3.8) is 0 Å². The van der Waals surface area contributed by atoms with Crippen molar-refractivity contribution in [1.82, 2.24) is 15.5 Å². The van der Waals surface area contributed by atoms with Gasteiger partial charge in [0, 0.05) is 32.2 Å². The molecule has 0 unspecified atom stereocenters. The Labute approximate surface area is 183 Å². The fraction of sp³-hybridized carbons (Fsp3) is 0.458. The number of hydrogen-bond donors (Lipinski definition) is 2. The largest absolute Gasteiger partial charge is 0.467 e. The quantitative estimate of drug-likeness (QED) is 0.526. The number of benzene rings is 2. The van der Waals surface area contributed by atoms with E-state index in [9.17, 15) is 4.39 Å². The first-order chi connectivity index (χ1) is 15.2. The van der Waals surface area contributed by atoms with Gasteiger partial charge in [0.1, 0.15) is 11.6 Å². The second-order valence-corrected chi connectivity index (χ2v) is 8.07. The van der Waals surface area contributed by atoms with Gasteiger partial charge in [-0.1, -0.05) is 24.3 Å². The lowest BCUT2D eigenvalue weighted by atomic mass is 10.1. The number of hydrogen-bond acceptors (Lipinski definition) is 4. The van der Waals surface area contributed by atoms with Gasteiger partial charge in [-0.2, -0.15) is 0 Å².